The van der Waals surface area contributed by atoms with Crippen LogP contribution in [0, 0.1) is 0 Å². The summed E-state index contributed by atoms with van der Waals surface area (Å²) in [6, 6.07) is 1.73. The molecule has 0 unspecified atom stereocenters. The van der Waals surface area contributed by atoms with Crippen molar-refractivity contribution < 1.29 is 4.79 Å². The highest BCUT2D eigenvalue weighted by molar-refractivity contribution is 7.08. The Morgan fingerprint density at radius 1 is 1.62 bits per heavy atom. The Morgan fingerprint density at radius 3 is 2.94 bits per heavy atom. The van der Waals surface area contributed by atoms with Crippen molar-refractivity contribution in [3.8, 4) is 0 Å². The topological polar surface area (TPSA) is 51.0 Å². The summed E-state index contributed by atoms with van der Waals surface area (Å²) in [5, 5.41) is 4.06. The Balaban J connectivity index is 2.27. The van der Waals surface area contributed by atoms with E-state index in [1.165, 1.54) is 11.5 Å². The van der Waals surface area contributed by atoms with E-state index in [4.69, 9.17) is 0 Å². The number of carbonyl (C=O) groups excluding carboxylic acids is 1. The fourth-order valence-electron chi connectivity index (χ4n) is 1.45. The van der Waals surface area contributed by atoms with Gasteiger partial charge in [-0.1, -0.05) is 0 Å². The van der Waals surface area contributed by atoms with Crippen molar-refractivity contribution in [1.29, 1.82) is 0 Å². The quantitative estimate of drug-likeness (QED) is 0.812. The zero-order valence-corrected chi connectivity index (χ0v) is 9.94. The number of carbonyl (C=O) groups is 1. The van der Waals surface area contributed by atoms with Gasteiger partial charge in [0.25, 0.3) is 5.91 Å². The molecule has 2 aromatic heterocycles. The molecule has 2 rings (SSSR count). The highest BCUT2D eigenvalue weighted by Crippen LogP contribution is 2.17. The minimum atomic E-state index is -0.0296. The van der Waals surface area contributed by atoms with Crippen molar-refractivity contribution in [2.24, 2.45) is 7.05 Å². The van der Waals surface area contributed by atoms with Gasteiger partial charge in [0.05, 0.1) is 11.9 Å². The van der Waals surface area contributed by atoms with E-state index in [1.54, 1.807) is 28.0 Å². The number of aryl methyl sites for hydroxylation is 1. The molecular formula is C10H12N4OS. The second-order valence-corrected chi connectivity index (χ2v) is 4.13. The van der Waals surface area contributed by atoms with Gasteiger partial charge >= 0.3 is 0 Å². The number of rotatable bonds is 3. The molecule has 0 aromatic carbocycles. The van der Waals surface area contributed by atoms with Gasteiger partial charge < -0.3 is 4.90 Å². The normalized spacial score (nSPS) is 10.4. The zero-order chi connectivity index (χ0) is 11.5. The first kappa shape index (κ1) is 10.8. The average Bonchev–Trinajstić information content (AvgIpc) is 2.90. The fourth-order valence-corrected chi connectivity index (χ4v) is 2.00. The second kappa shape index (κ2) is 4.44. The van der Waals surface area contributed by atoms with Crippen LogP contribution in [0.1, 0.15) is 16.6 Å². The summed E-state index contributed by atoms with van der Waals surface area (Å²) in [5.41, 5.74) is 0.809. The van der Waals surface area contributed by atoms with Crippen LogP contribution in [0.3, 0.4) is 0 Å². The summed E-state index contributed by atoms with van der Waals surface area (Å²) in [5.74, 6) is -0.0296. The van der Waals surface area contributed by atoms with Crippen LogP contribution in [0.4, 0.5) is 5.69 Å². The number of hydrogen-bond acceptors (Lipinski definition) is 4. The molecule has 0 fully saturated rings. The van der Waals surface area contributed by atoms with Crippen molar-refractivity contribution in [1.82, 2.24) is 14.2 Å². The number of amides is 1. The standard InChI is InChI=1S/C10H12N4OS/c1-3-14(8-6-11-13(2)7-8)10(15)9-4-5-12-16-9/h4-7H,3H2,1-2H3. The molecule has 0 aliphatic carbocycles. The molecule has 0 radical (unpaired) electrons. The minimum absolute atomic E-state index is 0.0296. The van der Waals surface area contributed by atoms with E-state index in [0.717, 1.165) is 5.69 Å². The first-order chi connectivity index (χ1) is 7.72. The van der Waals surface area contributed by atoms with Crippen LogP contribution >= 0.6 is 11.5 Å². The summed E-state index contributed by atoms with van der Waals surface area (Å²) in [4.78, 5) is 14.4. The summed E-state index contributed by atoms with van der Waals surface area (Å²) in [7, 11) is 1.83. The van der Waals surface area contributed by atoms with Crippen LogP contribution in [0.5, 0.6) is 0 Å². The van der Waals surface area contributed by atoms with Gasteiger partial charge in [-0.25, -0.2) is 4.37 Å². The van der Waals surface area contributed by atoms with Crippen molar-refractivity contribution in [3.63, 3.8) is 0 Å². The van der Waals surface area contributed by atoms with Crippen molar-refractivity contribution in [2.45, 2.75) is 6.92 Å². The van der Waals surface area contributed by atoms with Gasteiger partial charge in [-0.05, 0) is 24.5 Å². The minimum Gasteiger partial charge on any atom is -0.305 e. The lowest BCUT2D eigenvalue weighted by molar-refractivity contribution is 0.0992. The lowest BCUT2D eigenvalue weighted by atomic mass is 10.3. The van der Waals surface area contributed by atoms with E-state index in [9.17, 15) is 4.79 Å². The van der Waals surface area contributed by atoms with Crippen molar-refractivity contribution >= 4 is 23.1 Å². The van der Waals surface area contributed by atoms with Crippen LogP contribution in [-0.4, -0.2) is 26.6 Å². The monoisotopic (exact) mass is 236 g/mol. The summed E-state index contributed by atoms with van der Waals surface area (Å²) in [6.07, 6.45) is 5.14. The van der Waals surface area contributed by atoms with Gasteiger partial charge in [-0.3, -0.25) is 9.48 Å². The molecule has 0 aliphatic heterocycles. The largest absolute Gasteiger partial charge is 0.305 e. The molecule has 16 heavy (non-hydrogen) atoms. The third kappa shape index (κ3) is 1.96. The molecule has 2 heterocycles. The molecule has 5 nitrogen and oxygen atoms in total. The molecule has 2 aromatic rings. The van der Waals surface area contributed by atoms with Gasteiger partial charge in [0.1, 0.15) is 4.88 Å². The third-order valence-electron chi connectivity index (χ3n) is 2.21. The van der Waals surface area contributed by atoms with E-state index in [1.807, 2.05) is 20.2 Å². The highest BCUT2D eigenvalue weighted by Gasteiger charge is 2.18. The summed E-state index contributed by atoms with van der Waals surface area (Å²) in [6.45, 7) is 2.55. The van der Waals surface area contributed by atoms with Crippen LogP contribution in [0.25, 0.3) is 0 Å². The zero-order valence-electron chi connectivity index (χ0n) is 9.12. The Morgan fingerprint density at radius 2 is 2.44 bits per heavy atom. The predicted octanol–water partition coefficient (Wildman–Crippen LogP) is 1.54. The number of aromatic nitrogens is 3. The molecule has 0 saturated heterocycles. The maximum atomic E-state index is 12.1. The molecule has 0 aliphatic rings. The van der Waals surface area contributed by atoms with Gasteiger partial charge in [-0.15, -0.1) is 0 Å². The molecular weight excluding hydrogens is 224 g/mol. The van der Waals surface area contributed by atoms with Gasteiger partial charge in [0, 0.05) is 26.0 Å². The molecule has 6 heteroatoms. The smallest absolute Gasteiger partial charge is 0.270 e. The maximum absolute atomic E-state index is 12.1. The maximum Gasteiger partial charge on any atom is 0.270 e. The van der Waals surface area contributed by atoms with Gasteiger partial charge in [0.2, 0.25) is 0 Å². The van der Waals surface area contributed by atoms with E-state index >= 15 is 0 Å². The van der Waals surface area contributed by atoms with Crippen molar-refractivity contribution in [2.75, 3.05) is 11.4 Å². The first-order valence-corrected chi connectivity index (χ1v) is 5.71. The van der Waals surface area contributed by atoms with Crippen LogP contribution < -0.4 is 4.90 Å². The number of hydrogen-bond donors (Lipinski definition) is 0. The molecule has 0 bridgehead atoms. The Hall–Kier alpha value is -1.69. The summed E-state index contributed by atoms with van der Waals surface area (Å²) >= 11 is 1.21. The number of anilines is 1. The average molecular weight is 236 g/mol. The second-order valence-electron chi connectivity index (χ2n) is 3.30. The molecule has 1 amide bonds. The number of nitrogens with zero attached hydrogens (tertiary/aromatic N) is 4. The van der Waals surface area contributed by atoms with Gasteiger partial charge in [-0.2, -0.15) is 5.10 Å². The van der Waals surface area contributed by atoms with Crippen molar-refractivity contribution in [3.05, 3.63) is 29.5 Å². The lowest BCUT2D eigenvalue weighted by Gasteiger charge is -2.17. The Bertz CT molecular complexity index is 477. The highest BCUT2D eigenvalue weighted by atomic mass is 32.1. The Labute approximate surface area is 97.5 Å². The Kier molecular flexibility index (Phi) is 3.00. The van der Waals surface area contributed by atoms with E-state index in [0.29, 0.717) is 11.4 Å². The van der Waals surface area contributed by atoms with E-state index in [2.05, 4.69) is 9.47 Å². The summed E-state index contributed by atoms with van der Waals surface area (Å²) < 4.78 is 5.61. The molecule has 0 atom stereocenters. The lowest BCUT2D eigenvalue weighted by Crippen LogP contribution is -2.29. The molecule has 0 spiro atoms. The van der Waals surface area contributed by atoms with E-state index < -0.39 is 0 Å². The van der Waals surface area contributed by atoms with Crippen LogP contribution in [-0.2, 0) is 7.05 Å². The predicted molar refractivity (Wildman–Crippen MR) is 62.7 cm³/mol. The third-order valence-corrected chi connectivity index (χ3v) is 2.95. The molecule has 0 N–H and O–H groups in total. The van der Waals surface area contributed by atoms with Gasteiger partial charge in [0.15, 0.2) is 0 Å². The van der Waals surface area contributed by atoms with Crippen LogP contribution in [0.2, 0.25) is 0 Å². The fraction of sp³-hybridized carbons (Fsp3) is 0.300. The first-order valence-electron chi connectivity index (χ1n) is 4.93. The SMILES string of the molecule is CCN(C(=O)c1ccns1)c1cnn(C)c1. The van der Waals surface area contributed by atoms with E-state index in [-0.39, 0.29) is 5.91 Å². The van der Waals surface area contributed by atoms with Crippen LogP contribution in [0.15, 0.2) is 24.7 Å². The molecule has 84 valence electrons. The molecule has 0 saturated carbocycles.